The molecule has 21 heavy (non-hydrogen) atoms. The Morgan fingerprint density at radius 1 is 1.38 bits per heavy atom. The van der Waals surface area contributed by atoms with Crippen LogP contribution in [0.2, 0.25) is 0 Å². The van der Waals surface area contributed by atoms with Gasteiger partial charge in [-0.25, -0.2) is 9.18 Å². The van der Waals surface area contributed by atoms with Gasteiger partial charge >= 0.3 is 5.97 Å². The van der Waals surface area contributed by atoms with Gasteiger partial charge in [0.25, 0.3) is 0 Å². The zero-order valence-corrected chi connectivity index (χ0v) is 12.1. The van der Waals surface area contributed by atoms with Crippen molar-refractivity contribution in [1.82, 2.24) is 4.90 Å². The lowest BCUT2D eigenvalue weighted by molar-refractivity contribution is -0.139. The highest BCUT2D eigenvalue weighted by atomic mass is 19.1. The minimum Gasteiger partial charge on any atom is -0.462 e. The van der Waals surface area contributed by atoms with E-state index >= 15 is 0 Å². The SMILES string of the molecule is CCOC(=O)C1=C(C)N(C)/C(=C/c2ccccc2F)C1=O. The van der Waals surface area contributed by atoms with Crippen LogP contribution in [0.25, 0.3) is 6.08 Å². The van der Waals surface area contributed by atoms with Crippen LogP contribution in [0, 0.1) is 5.82 Å². The molecule has 0 fully saturated rings. The van der Waals surface area contributed by atoms with Gasteiger partial charge in [-0.3, -0.25) is 4.79 Å². The van der Waals surface area contributed by atoms with E-state index in [0.717, 1.165) is 0 Å². The molecule has 0 saturated carbocycles. The minimum absolute atomic E-state index is 0.00180. The number of ketones is 1. The molecule has 1 aliphatic heterocycles. The van der Waals surface area contributed by atoms with Crippen LogP contribution >= 0.6 is 0 Å². The first-order valence-corrected chi connectivity index (χ1v) is 6.60. The summed E-state index contributed by atoms with van der Waals surface area (Å²) in [5, 5.41) is 0. The first kappa shape index (κ1) is 15.0. The molecule has 0 radical (unpaired) electrons. The molecule has 1 aliphatic rings. The maximum absolute atomic E-state index is 13.7. The normalized spacial score (nSPS) is 16.9. The average molecular weight is 289 g/mol. The van der Waals surface area contributed by atoms with Crippen molar-refractivity contribution in [3.63, 3.8) is 0 Å². The quantitative estimate of drug-likeness (QED) is 0.487. The van der Waals surface area contributed by atoms with Crippen LogP contribution < -0.4 is 0 Å². The molecule has 1 heterocycles. The zero-order chi connectivity index (χ0) is 15.6. The lowest BCUT2D eigenvalue weighted by atomic mass is 10.1. The van der Waals surface area contributed by atoms with E-state index in [-0.39, 0.29) is 17.9 Å². The maximum Gasteiger partial charge on any atom is 0.343 e. The van der Waals surface area contributed by atoms with Gasteiger partial charge in [0.05, 0.1) is 12.3 Å². The van der Waals surface area contributed by atoms with Crippen molar-refractivity contribution in [2.45, 2.75) is 13.8 Å². The van der Waals surface area contributed by atoms with E-state index in [1.807, 2.05) is 0 Å². The third-order valence-electron chi connectivity index (χ3n) is 3.36. The molecule has 1 aromatic rings. The molecule has 0 bridgehead atoms. The van der Waals surface area contributed by atoms with Crippen LogP contribution in [0.15, 0.2) is 41.2 Å². The molecule has 0 aromatic heterocycles. The molecule has 4 nitrogen and oxygen atoms in total. The molecule has 0 amide bonds. The lowest BCUT2D eigenvalue weighted by Gasteiger charge is -2.14. The van der Waals surface area contributed by atoms with E-state index in [0.29, 0.717) is 11.3 Å². The van der Waals surface area contributed by atoms with Crippen molar-refractivity contribution in [2.75, 3.05) is 13.7 Å². The van der Waals surface area contributed by atoms with Crippen molar-refractivity contribution < 1.29 is 18.7 Å². The van der Waals surface area contributed by atoms with Crippen molar-refractivity contribution in [3.05, 3.63) is 52.6 Å². The van der Waals surface area contributed by atoms with Crippen LogP contribution in [0.4, 0.5) is 4.39 Å². The Labute approximate surface area is 122 Å². The second kappa shape index (κ2) is 5.91. The fourth-order valence-electron chi connectivity index (χ4n) is 2.14. The molecule has 5 heteroatoms. The van der Waals surface area contributed by atoms with Gasteiger partial charge in [-0.15, -0.1) is 0 Å². The third kappa shape index (κ3) is 2.72. The summed E-state index contributed by atoms with van der Waals surface area (Å²) in [7, 11) is 1.66. The van der Waals surface area contributed by atoms with E-state index in [2.05, 4.69) is 0 Å². The number of ether oxygens (including phenoxy) is 1. The van der Waals surface area contributed by atoms with Crippen molar-refractivity contribution >= 4 is 17.8 Å². The monoisotopic (exact) mass is 289 g/mol. The Kier molecular flexibility index (Phi) is 4.21. The van der Waals surface area contributed by atoms with Crippen LogP contribution in [-0.2, 0) is 14.3 Å². The number of esters is 1. The number of carbonyl (C=O) groups excluding carboxylic acids is 2. The van der Waals surface area contributed by atoms with Crippen molar-refractivity contribution in [2.24, 2.45) is 0 Å². The van der Waals surface area contributed by atoms with Gasteiger partial charge in [0, 0.05) is 18.3 Å². The fraction of sp³-hybridized carbons (Fsp3) is 0.250. The number of carbonyl (C=O) groups is 2. The Morgan fingerprint density at radius 2 is 2.05 bits per heavy atom. The van der Waals surface area contributed by atoms with Crippen LogP contribution in [0.1, 0.15) is 19.4 Å². The van der Waals surface area contributed by atoms with E-state index in [4.69, 9.17) is 4.74 Å². The Balaban J connectivity index is 2.40. The van der Waals surface area contributed by atoms with E-state index in [1.165, 1.54) is 12.1 Å². The number of allylic oxidation sites excluding steroid dienone is 2. The second-order valence-corrected chi connectivity index (χ2v) is 4.62. The number of likely N-dealkylation sites (N-methyl/N-ethyl adjacent to an activating group) is 1. The molecular weight excluding hydrogens is 273 g/mol. The summed E-state index contributed by atoms with van der Waals surface area (Å²) in [6.07, 6.45) is 1.44. The van der Waals surface area contributed by atoms with Crippen molar-refractivity contribution in [1.29, 1.82) is 0 Å². The molecule has 0 unspecified atom stereocenters. The number of rotatable bonds is 3. The van der Waals surface area contributed by atoms with Gasteiger partial charge in [-0.2, -0.15) is 0 Å². The third-order valence-corrected chi connectivity index (χ3v) is 3.36. The van der Waals surface area contributed by atoms with Crippen LogP contribution in [-0.4, -0.2) is 30.3 Å². The van der Waals surface area contributed by atoms with E-state index < -0.39 is 17.6 Å². The lowest BCUT2D eigenvalue weighted by Crippen LogP contribution is -2.15. The van der Waals surface area contributed by atoms with E-state index in [1.54, 1.807) is 44.0 Å². The molecule has 0 saturated heterocycles. The highest BCUT2D eigenvalue weighted by Gasteiger charge is 2.35. The average Bonchev–Trinajstić information content (AvgIpc) is 2.65. The maximum atomic E-state index is 13.7. The first-order valence-electron chi connectivity index (χ1n) is 6.60. The van der Waals surface area contributed by atoms with Crippen LogP contribution in [0.5, 0.6) is 0 Å². The second-order valence-electron chi connectivity index (χ2n) is 4.62. The van der Waals surface area contributed by atoms with Gasteiger partial charge in [0.1, 0.15) is 11.4 Å². The summed E-state index contributed by atoms with van der Waals surface area (Å²) in [6.45, 7) is 3.53. The van der Waals surface area contributed by atoms with Crippen molar-refractivity contribution in [3.8, 4) is 0 Å². The molecular formula is C16H16FNO3. The largest absolute Gasteiger partial charge is 0.462 e. The molecule has 0 spiro atoms. The smallest absolute Gasteiger partial charge is 0.343 e. The predicted molar refractivity (Wildman–Crippen MR) is 76.5 cm³/mol. The summed E-state index contributed by atoms with van der Waals surface area (Å²) in [5.74, 6) is -1.52. The standard InChI is InChI=1S/C16H16FNO3/c1-4-21-16(20)14-10(2)18(3)13(15(14)19)9-11-7-5-6-8-12(11)17/h5-9H,4H2,1-3H3/b13-9+. The number of hydrogen-bond donors (Lipinski definition) is 0. The Morgan fingerprint density at radius 3 is 2.67 bits per heavy atom. The van der Waals surface area contributed by atoms with Gasteiger partial charge in [-0.1, -0.05) is 18.2 Å². The van der Waals surface area contributed by atoms with Gasteiger partial charge < -0.3 is 9.64 Å². The molecule has 0 aliphatic carbocycles. The molecule has 2 rings (SSSR count). The highest BCUT2D eigenvalue weighted by molar-refractivity contribution is 6.27. The number of halogens is 1. The minimum atomic E-state index is -0.649. The van der Waals surface area contributed by atoms with Crippen LogP contribution in [0.3, 0.4) is 0 Å². The number of hydrogen-bond acceptors (Lipinski definition) is 4. The summed E-state index contributed by atoms with van der Waals surface area (Å²) < 4.78 is 18.6. The molecule has 0 N–H and O–H groups in total. The molecule has 0 atom stereocenters. The summed E-state index contributed by atoms with van der Waals surface area (Å²) >= 11 is 0. The number of Topliss-reactive ketones (excluding diaryl/α,β-unsaturated/α-hetero) is 1. The molecule has 110 valence electrons. The Hall–Kier alpha value is -2.43. The summed E-state index contributed by atoms with van der Waals surface area (Å²) in [6, 6.07) is 6.14. The number of nitrogens with zero attached hydrogens (tertiary/aromatic N) is 1. The Bertz CT molecular complexity index is 661. The zero-order valence-electron chi connectivity index (χ0n) is 12.1. The topological polar surface area (TPSA) is 46.6 Å². The van der Waals surface area contributed by atoms with E-state index in [9.17, 15) is 14.0 Å². The van der Waals surface area contributed by atoms with Gasteiger partial charge in [0.2, 0.25) is 5.78 Å². The number of benzene rings is 1. The summed E-state index contributed by atoms with van der Waals surface area (Å²) in [5.41, 5.74) is 1.05. The fourth-order valence-corrected chi connectivity index (χ4v) is 2.14. The predicted octanol–water partition coefficient (Wildman–Crippen LogP) is 2.52. The van der Waals surface area contributed by atoms with Gasteiger partial charge in [-0.05, 0) is 26.0 Å². The van der Waals surface area contributed by atoms with Gasteiger partial charge in [0.15, 0.2) is 0 Å². The molecule has 1 aromatic carbocycles. The first-order chi connectivity index (χ1) is 9.97. The highest BCUT2D eigenvalue weighted by Crippen LogP contribution is 2.29. The summed E-state index contributed by atoms with van der Waals surface area (Å²) in [4.78, 5) is 25.8.